The summed E-state index contributed by atoms with van der Waals surface area (Å²) in [5.74, 6) is 2.21. The molecule has 0 unspecified atom stereocenters. The fraction of sp³-hybridized carbons (Fsp3) is 0.250. The van der Waals surface area contributed by atoms with Gasteiger partial charge in [-0.25, -0.2) is 19.5 Å². The molecule has 140 valence electrons. The summed E-state index contributed by atoms with van der Waals surface area (Å²) >= 11 is 0. The standard InChI is InChI=1S/C24H25N4/c1-14-9-15(2)16(3)22(10-14)23-12-19-7-8-20(11-21(19)13-28(23)6)24-26-17(4)25-18(5)27-24/h7-13H,1-6H3/q+1. The van der Waals surface area contributed by atoms with E-state index in [0.717, 1.165) is 23.0 Å². The topological polar surface area (TPSA) is 42.6 Å². The lowest BCUT2D eigenvalue weighted by molar-refractivity contribution is -0.659. The number of benzene rings is 2. The number of fused-ring (bicyclic) bond motifs is 1. The van der Waals surface area contributed by atoms with E-state index in [1.54, 1.807) is 0 Å². The molecule has 0 aliphatic carbocycles. The van der Waals surface area contributed by atoms with Crippen LogP contribution in [-0.4, -0.2) is 15.0 Å². The number of pyridine rings is 1. The van der Waals surface area contributed by atoms with E-state index in [0.29, 0.717) is 0 Å². The number of hydrogen-bond acceptors (Lipinski definition) is 3. The predicted molar refractivity (Wildman–Crippen MR) is 113 cm³/mol. The molecule has 0 bridgehead atoms. The van der Waals surface area contributed by atoms with Crippen molar-refractivity contribution < 1.29 is 4.57 Å². The highest BCUT2D eigenvalue weighted by Gasteiger charge is 2.16. The van der Waals surface area contributed by atoms with Gasteiger partial charge in [-0.1, -0.05) is 23.8 Å². The van der Waals surface area contributed by atoms with Crippen molar-refractivity contribution in [3.63, 3.8) is 0 Å². The molecule has 0 saturated heterocycles. The Bertz CT molecular complexity index is 1200. The van der Waals surface area contributed by atoms with Gasteiger partial charge in [-0.05, 0) is 63.3 Å². The lowest BCUT2D eigenvalue weighted by atomic mass is 9.96. The van der Waals surface area contributed by atoms with Crippen molar-refractivity contribution in [3.05, 3.63) is 70.9 Å². The molecule has 0 radical (unpaired) electrons. The highest BCUT2D eigenvalue weighted by molar-refractivity contribution is 5.87. The first-order valence-corrected chi connectivity index (χ1v) is 9.53. The maximum atomic E-state index is 4.50. The van der Waals surface area contributed by atoms with Gasteiger partial charge in [0.25, 0.3) is 0 Å². The fourth-order valence-electron chi connectivity index (χ4n) is 3.80. The largest absolute Gasteiger partial charge is 0.219 e. The van der Waals surface area contributed by atoms with Crippen molar-refractivity contribution in [1.29, 1.82) is 0 Å². The Kier molecular flexibility index (Phi) is 4.42. The van der Waals surface area contributed by atoms with E-state index in [1.807, 2.05) is 13.8 Å². The Morgan fingerprint density at radius 3 is 2.18 bits per heavy atom. The second-order valence-corrected chi connectivity index (χ2v) is 7.62. The van der Waals surface area contributed by atoms with Gasteiger partial charge in [-0.3, -0.25) is 0 Å². The average Bonchev–Trinajstić information content (AvgIpc) is 2.63. The molecule has 0 saturated carbocycles. The summed E-state index contributed by atoms with van der Waals surface area (Å²) in [5, 5.41) is 2.37. The van der Waals surface area contributed by atoms with Crippen LogP contribution in [0.3, 0.4) is 0 Å². The Balaban J connectivity index is 1.87. The van der Waals surface area contributed by atoms with E-state index in [2.05, 4.69) is 89.9 Å². The number of hydrogen-bond donors (Lipinski definition) is 0. The second kappa shape index (κ2) is 6.79. The van der Waals surface area contributed by atoms with Gasteiger partial charge in [0.05, 0.1) is 0 Å². The van der Waals surface area contributed by atoms with E-state index >= 15 is 0 Å². The van der Waals surface area contributed by atoms with Crippen molar-refractivity contribution in [2.45, 2.75) is 34.6 Å². The smallest absolute Gasteiger partial charge is 0.213 e. The maximum Gasteiger partial charge on any atom is 0.213 e. The van der Waals surface area contributed by atoms with E-state index < -0.39 is 0 Å². The normalized spacial score (nSPS) is 11.2. The molecule has 2 aromatic carbocycles. The molecular weight excluding hydrogens is 344 g/mol. The van der Waals surface area contributed by atoms with Gasteiger partial charge in [0, 0.05) is 22.6 Å². The van der Waals surface area contributed by atoms with Gasteiger partial charge in [-0.15, -0.1) is 0 Å². The van der Waals surface area contributed by atoms with Gasteiger partial charge >= 0.3 is 0 Å². The zero-order valence-electron chi connectivity index (χ0n) is 17.3. The van der Waals surface area contributed by atoms with E-state index in [4.69, 9.17) is 0 Å². The molecule has 28 heavy (non-hydrogen) atoms. The molecule has 0 atom stereocenters. The van der Waals surface area contributed by atoms with Crippen LogP contribution >= 0.6 is 0 Å². The minimum atomic E-state index is 0.726. The molecular formula is C24H25N4+. The van der Waals surface area contributed by atoms with Gasteiger partial charge in [-0.2, -0.15) is 0 Å². The van der Waals surface area contributed by atoms with Gasteiger partial charge in [0.1, 0.15) is 18.7 Å². The Morgan fingerprint density at radius 2 is 1.46 bits per heavy atom. The monoisotopic (exact) mass is 369 g/mol. The first-order valence-electron chi connectivity index (χ1n) is 9.53. The lowest BCUT2D eigenvalue weighted by Crippen LogP contribution is -2.30. The molecule has 0 aliphatic rings. The van der Waals surface area contributed by atoms with Gasteiger partial charge in [0.15, 0.2) is 12.0 Å². The molecule has 2 aromatic heterocycles. The molecule has 0 fully saturated rings. The third-order valence-corrected chi connectivity index (χ3v) is 5.30. The molecule has 0 N–H and O–H groups in total. The van der Waals surface area contributed by atoms with Crippen LogP contribution in [0.25, 0.3) is 33.4 Å². The predicted octanol–water partition coefficient (Wildman–Crippen LogP) is 4.73. The average molecular weight is 369 g/mol. The van der Waals surface area contributed by atoms with Crippen molar-refractivity contribution in [1.82, 2.24) is 15.0 Å². The van der Waals surface area contributed by atoms with Crippen molar-refractivity contribution >= 4 is 10.8 Å². The van der Waals surface area contributed by atoms with Crippen molar-refractivity contribution in [2.75, 3.05) is 0 Å². The third kappa shape index (κ3) is 3.26. The molecule has 4 rings (SSSR count). The zero-order valence-corrected chi connectivity index (χ0v) is 17.3. The fourth-order valence-corrected chi connectivity index (χ4v) is 3.80. The molecule has 4 aromatic rings. The Morgan fingerprint density at radius 1 is 0.750 bits per heavy atom. The molecule has 2 heterocycles. The van der Waals surface area contributed by atoms with E-state index in [-0.39, 0.29) is 0 Å². The van der Waals surface area contributed by atoms with Crippen LogP contribution in [0.2, 0.25) is 0 Å². The molecule has 0 amide bonds. The number of aryl methyl sites for hydroxylation is 5. The summed E-state index contributed by atoms with van der Waals surface area (Å²) in [6.45, 7) is 10.3. The number of aromatic nitrogens is 4. The highest BCUT2D eigenvalue weighted by Crippen LogP contribution is 2.28. The van der Waals surface area contributed by atoms with Crippen LogP contribution in [0.1, 0.15) is 28.3 Å². The first kappa shape index (κ1) is 18.2. The second-order valence-electron chi connectivity index (χ2n) is 7.62. The minimum absolute atomic E-state index is 0.726. The summed E-state index contributed by atoms with van der Waals surface area (Å²) in [6, 6.07) is 13.2. The van der Waals surface area contributed by atoms with Crippen LogP contribution in [-0.2, 0) is 7.05 Å². The van der Waals surface area contributed by atoms with E-state index in [9.17, 15) is 0 Å². The Labute approximate surface area is 166 Å². The summed E-state index contributed by atoms with van der Waals surface area (Å²) in [6.07, 6.45) is 2.19. The third-order valence-electron chi connectivity index (χ3n) is 5.30. The van der Waals surface area contributed by atoms with Crippen LogP contribution in [0.4, 0.5) is 0 Å². The van der Waals surface area contributed by atoms with Gasteiger partial charge < -0.3 is 0 Å². The quantitative estimate of drug-likeness (QED) is 0.480. The lowest BCUT2D eigenvalue weighted by Gasteiger charge is -2.10. The summed E-state index contributed by atoms with van der Waals surface area (Å²) < 4.78 is 2.21. The summed E-state index contributed by atoms with van der Waals surface area (Å²) in [5.41, 5.74) is 7.45. The highest BCUT2D eigenvalue weighted by atomic mass is 15.0. The molecule has 0 aliphatic heterocycles. The number of rotatable bonds is 2. The Hall–Kier alpha value is -3.14. The first-order chi connectivity index (χ1) is 13.3. The summed E-state index contributed by atoms with van der Waals surface area (Å²) in [7, 11) is 2.11. The van der Waals surface area contributed by atoms with Crippen molar-refractivity contribution in [2.24, 2.45) is 7.05 Å². The summed E-state index contributed by atoms with van der Waals surface area (Å²) in [4.78, 5) is 13.3. The van der Waals surface area contributed by atoms with Crippen LogP contribution in [0, 0.1) is 34.6 Å². The number of nitrogens with zero attached hydrogens (tertiary/aromatic N) is 4. The van der Waals surface area contributed by atoms with Crippen molar-refractivity contribution in [3.8, 4) is 22.6 Å². The minimum Gasteiger partial charge on any atom is -0.219 e. The molecule has 4 nitrogen and oxygen atoms in total. The van der Waals surface area contributed by atoms with Crippen LogP contribution < -0.4 is 4.57 Å². The maximum absolute atomic E-state index is 4.50. The zero-order chi connectivity index (χ0) is 20.0. The SMILES string of the molecule is Cc1cc(C)c(C)c(-c2cc3ccc(-c4nc(C)nc(C)n4)cc3c[n+]2C)c1. The molecule has 0 spiro atoms. The van der Waals surface area contributed by atoms with Crippen LogP contribution in [0.15, 0.2) is 42.6 Å². The molecule has 4 heteroatoms. The van der Waals surface area contributed by atoms with Gasteiger partial charge in [0.2, 0.25) is 5.69 Å². The van der Waals surface area contributed by atoms with Crippen LogP contribution in [0.5, 0.6) is 0 Å². The van der Waals surface area contributed by atoms with E-state index in [1.165, 1.54) is 38.7 Å².